The molecule has 0 saturated carbocycles. The van der Waals surface area contributed by atoms with Crippen LogP contribution in [-0.2, 0) is 14.3 Å². The number of hydrogen-bond acceptors (Lipinski definition) is 5. The highest BCUT2D eigenvalue weighted by molar-refractivity contribution is 5.66. The number of aliphatic hydroxyl groups excluding tert-OH is 1. The topological polar surface area (TPSA) is 105 Å². The number of azide groups is 1. The Hall–Kier alpha value is -1.30. The van der Waals surface area contributed by atoms with E-state index in [0.29, 0.717) is 13.0 Å². The highest BCUT2D eigenvalue weighted by atomic mass is 16.6. The van der Waals surface area contributed by atoms with E-state index in [2.05, 4.69) is 10.0 Å². The van der Waals surface area contributed by atoms with Crippen molar-refractivity contribution in [3.63, 3.8) is 0 Å². The molecular formula is C8H13N3O4. The van der Waals surface area contributed by atoms with E-state index in [-0.39, 0.29) is 6.54 Å². The van der Waals surface area contributed by atoms with Crippen molar-refractivity contribution in [3.8, 4) is 0 Å². The van der Waals surface area contributed by atoms with Crippen LogP contribution in [0.25, 0.3) is 10.4 Å². The Morgan fingerprint density at radius 3 is 3.13 bits per heavy atom. The lowest BCUT2D eigenvalue weighted by molar-refractivity contribution is -0.173. The van der Waals surface area contributed by atoms with Crippen LogP contribution in [-0.4, -0.2) is 42.5 Å². The van der Waals surface area contributed by atoms with Crippen molar-refractivity contribution < 1.29 is 19.4 Å². The summed E-state index contributed by atoms with van der Waals surface area (Å²) in [6, 6.07) is 0. The molecule has 1 aliphatic rings. The number of carbonyl (C=O) groups is 1. The maximum Gasteiger partial charge on any atom is 0.302 e. The number of rotatable bonds is 3. The molecule has 0 aliphatic carbocycles. The first-order valence-corrected chi connectivity index (χ1v) is 4.63. The van der Waals surface area contributed by atoms with Crippen molar-refractivity contribution in [1.82, 2.24) is 0 Å². The molecule has 0 aromatic rings. The minimum atomic E-state index is -0.937. The Balaban J connectivity index is 2.53. The smallest absolute Gasteiger partial charge is 0.302 e. The lowest BCUT2D eigenvalue weighted by Gasteiger charge is -2.33. The summed E-state index contributed by atoms with van der Waals surface area (Å²) >= 11 is 0. The van der Waals surface area contributed by atoms with Crippen LogP contribution in [0, 0.1) is 0 Å². The van der Waals surface area contributed by atoms with Crippen molar-refractivity contribution in [1.29, 1.82) is 0 Å². The van der Waals surface area contributed by atoms with Crippen molar-refractivity contribution in [3.05, 3.63) is 10.4 Å². The summed E-state index contributed by atoms with van der Waals surface area (Å²) < 4.78 is 10.1. The van der Waals surface area contributed by atoms with Crippen molar-refractivity contribution in [2.24, 2.45) is 5.11 Å². The molecule has 0 spiro atoms. The van der Waals surface area contributed by atoms with E-state index in [1.807, 2.05) is 0 Å². The Morgan fingerprint density at radius 2 is 2.53 bits per heavy atom. The predicted octanol–water partition coefficient (Wildman–Crippen LogP) is 0.378. The molecule has 1 aliphatic heterocycles. The molecule has 1 N–H and O–H groups in total. The highest BCUT2D eigenvalue weighted by Gasteiger charge is 2.34. The molecule has 0 aromatic carbocycles. The van der Waals surface area contributed by atoms with Gasteiger partial charge in [-0.15, -0.1) is 0 Å². The Morgan fingerprint density at radius 1 is 1.80 bits per heavy atom. The fourth-order valence-electron chi connectivity index (χ4n) is 1.46. The van der Waals surface area contributed by atoms with Crippen LogP contribution in [0.2, 0.25) is 0 Å². The van der Waals surface area contributed by atoms with Crippen LogP contribution in [0.5, 0.6) is 0 Å². The molecule has 0 radical (unpaired) electrons. The van der Waals surface area contributed by atoms with Crippen LogP contribution in [0.3, 0.4) is 0 Å². The molecule has 15 heavy (non-hydrogen) atoms. The van der Waals surface area contributed by atoms with Gasteiger partial charge in [0.1, 0.15) is 12.2 Å². The summed E-state index contributed by atoms with van der Waals surface area (Å²) in [6.45, 7) is 1.70. The Bertz CT molecular complexity index is 265. The second-order valence-electron chi connectivity index (χ2n) is 3.25. The zero-order valence-corrected chi connectivity index (χ0v) is 8.37. The normalized spacial score (nSPS) is 30.4. The van der Waals surface area contributed by atoms with Crippen LogP contribution < -0.4 is 0 Å². The Labute approximate surface area is 86.6 Å². The summed E-state index contributed by atoms with van der Waals surface area (Å²) in [6.07, 6.45) is -1.66. The van der Waals surface area contributed by atoms with Gasteiger partial charge in [-0.3, -0.25) is 4.79 Å². The van der Waals surface area contributed by atoms with Gasteiger partial charge in [0.05, 0.1) is 19.3 Å². The van der Waals surface area contributed by atoms with Gasteiger partial charge in [-0.2, -0.15) is 0 Å². The molecule has 1 rings (SSSR count). The van der Waals surface area contributed by atoms with Gasteiger partial charge in [0.2, 0.25) is 0 Å². The molecule has 84 valence electrons. The monoisotopic (exact) mass is 215 g/mol. The molecule has 7 heteroatoms. The van der Waals surface area contributed by atoms with Crippen LogP contribution in [0.4, 0.5) is 0 Å². The largest absolute Gasteiger partial charge is 0.460 e. The van der Waals surface area contributed by atoms with E-state index < -0.39 is 24.3 Å². The van der Waals surface area contributed by atoms with Gasteiger partial charge in [-0.1, -0.05) is 5.11 Å². The van der Waals surface area contributed by atoms with Crippen molar-refractivity contribution in [2.45, 2.75) is 31.7 Å². The Kier molecular flexibility index (Phi) is 4.36. The maximum atomic E-state index is 10.7. The molecular weight excluding hydrogens is 202 g/mol. The number of esters is 1. The molecule has 1 fully saturated rings. The second-order valence-corrected chi connectivity index (χ2v) is 3.25. The van der Waals surface area contributed by atoms with Gasteiger partial charge in [-0.25, -0.2) is 0 Å². The lowest BCUT2D eigenvalue weighted by atomic mass is 10.0. The predicted molar refractivity (Wildman–Crippen MR) is 49.9 cm³/mol. The summed E-state index contributed by atoms with van der Waals surface area (Å²) in [4.78, 5) is 13.3. The van der Waals surface area contributed by atoms with Crippen LogP contribution >= 0.6 is 0 Å². The number of aliphatic hydroxyl groups is 1. The standard InChI is InChI=1S/C8H13N3O4/c1-5(12)15-6-2-3-14-7(8(6)13)4-10-11-9/h6-8,13H,2-4H2,1H3/t6-,7+,8+/m1/s1. The fraction of sp³-hybridized carbons (Fsp3) is 0.875. The third kappa shape index (κ3) is 3.39. The summed E-state index contributed by atoms with van der Waals surface area (Å²) in [7, 11) is 0. The zero-order valence-electron chi connectivity index (χ0n) is 8.37. The lowest BCUT2D eigenvalue weighted by Crippen LogP contribution is -2.47. The number of carbonyl (C=O) groups excluding carboxylic acids is 1. The van der Waals surface area contributed by atoms with Crippen LogP contribution in [0.1, 0.15) is 13.3 Å². The average molecular weight is 215 g/mol. The highest BCUT2D eigenvalue weighted by Crippen LogP contribution is 2.18. The van der Waals surface area contributed by atoms with E-state index in [1.165, 1.54) is 6.92 Å². The van der Waals surface area contributed by atoms with Crippen molar-refractivity contribution >= 4 is 5.97 Å². The number of ether oxygens (including phenoxy) is 2. The van der Waals surface area contributed by atoms with Crippen molar-refractivity contribution in [2.75, 3.05) is 13.2 Å². The summed E-state index contributed by atoms with van der Waals surface area (Å²) in [5.41, 5.74) is 8.13. The molecule has 1 heterocycles. The minimum Gasteiger partial charge on any atom is -0.460 e. The van der Waals surface area contributed by atoms with Gasteiger partial charge in [0, 0.05) is 18.3 Å². The minimum absolute atomic E-state index is 0.0371. The van der Waals surface area contributed by atoms with Crippen LogP contribution in [0.15, 0.2) is 5.11 Å². The third-order valence-electron chi connectivity index (χ3n) is 2.14. The third-order valence-corrected chi connectivity index (χ3v) is 2.14. The SMILES string of the molecule is CC(=O)O[C@@H]1CCO[C@@H](CN=[N+]=[N-])[C@H]1O. The number of hydrogen-bond donors (Lipinski definition) is 1. The average Bonchev–Trinajstić information content (AvgIpc) is 2.19. The van der Waals surface area contributed by atoms with E-state index in [1.54, 1.807) is 0 Å². The van der Waals surface area contributed by atoms with Gasteiger partial charge in [0.15, 0.2) is 0 Å². The summed E-state index contributed by atoms with van der Waals surface area (Å²) in [5.74, 6) is -0.441. The van der Waals surface area contributed by atoms with E-state index in [9.17, 15) is 9.90 Å². The molecule has 0 amide bonds. The maximum absolute atomic E-state index is 10.7. The van der Waals surface area contributed by atoms with Gasteiger partial charge >= 0.3 is 5.97 Å². The van der Waals surface area contributed by atoms with E-state index in [0.717, 1.165) is 0 Å². The second kappa shape index (κ2) is 5.55. The first-order chi connectivity index (χ1) is 7.15. The molecule has 0 aromatic heterocycles. The molecule has 0 unspecified atom stereocenters. The first-order valence-electron chi connectivity index (χ1n) is 4.63. The molecule has 7 nitrogen and oxygen atoms in total. The first kappa shape index (κ1) is 11.8. The van der Waals surface area contributed by atoms with Gasteiger partial charge in [-0.05, 0) is 5.53 Å². The van der Waals surface area contributed by atoms with E-state index in [4.69, 9.17) is 15.0 Å². The van der Waals surface area contributed by atoms with Gasteiger partial charge in [0.25, 0.3) is 0 Å². The molecule has 1 saturated heterocycles. The number of nitrogens with zero attached hydrogens (tertiary/aromatic N) is 3. The fourth-order valence-corrected chi connectivity index (χ4v) is 1.46. The van der Waals surface area contributed by atoms with Gasteiger partial charge < -0.3 is 14.6 Å². The summed E-state index contributed by atoms with van der Waals surface area (Å²) in [5, 5.41) is 13.0. The molecule has 0 bridgehead atoms. The molecule has 3 atom stereocenters. The quantitative estimate of drug-likeness (QED) is 0.318. The zero-order chi connectivity index (χ0) is 11.3. The van der Waals surface area contributed by atoms with E-state index >= 15 is 0 Å².